The molecule has 1 aliphatic rings. The Morgan fingerprint density at radius 2 is 1.84 bits per heavy atom. The van der Waals surface area contributed by atoms with E-state index in [4.69, 9.17) is 4.74 Å². The van der Waals surface area contributed by atoms with Crippen LogP contribution in [0.25, 0.3) is 0 Å². The quantitative estimate of drug-likeness (QED) is 0.846. The van der Waals surface area contributed by atoms with Gasteiger partial charge in [-0.15, -0.1) is 4.91 Å². The maximum Gasteiger partial charge on any atom is 0.408 e. The van der Waals surface area contributed by atoms with E-state index in [1.807, 2.05) is 32.9 Å². The van der Waals surface area contributed by atoms with Crippen molar-refractivity contribution in [3.8, 4) is 0 Å². The largest absolute Gasteiger partial charge is 0.444 e. The van der Waals surface area contributed by atoms with Crippen molar-refractivity contribution in [1.82, 2.24) is 5.32 Å². The highest BCUT2D eigenvalue weighted by Gasteiger charge is 2.46. The van der Waals surface area contributed by atoms with Gasteiger partial charge in [-0.3, -0.25) is 0 Å². The first-order valence-electron chi connectivity index (χ1n) is 6.30. The molecule has 102 valence electrons. The lowest BCUT2D eigenvalue weighted by atomic mass is 10.0. The van der Waals surface area contributed by atoms with E-state index in [-0.39, 0.29) is 5.54 Å². The number of ether oxygens (including phenoxy) is 1. The number of nitrogens with zero attached hydrogens (tertiary/aromatic N) is 1. The van der Waals surface area contributed by atoms with Crippen LogP contribution in [-0.4, -0.2) is 11.7 Å². The smallest absolute Gasteiger partial charge is 0.408 e. The molecule has 0 aromatic heterocycles. The molecule has 0 saturated heterocycles. The number of nitrogens with one attached hydrogen (secondary N) is 1. The summed E-state index contributed by atoms with van der Waals surface area (Å²) in [7, 11) is 0. The van der Waals surface area contributed by atoms with Crippen LogP contribution in [0.2, 0.25) is 0 Å². The average Bonchev–Trinajstić information content (AvgIpc) is 3.07. The predicted molar refractivity (Wildman–Crippen MR) is 72.2 cm³/mol. The summed E-state index contributed by atoms with van der Waals surface area (Å²) in [6, 6.07) is 6.94. The molecular formula is C14H18N2O3. The zero-order chi connectivity index (χ0) is 14.1. The van der Waals surface area contributed by atoms with E-state index in [1.165, 1.54) is 0 Å². The first-order valence-corrected chi connectivity index (χ1v) is 6.30. The van der Waals surface area contributed by atoms with Gasteiger partial charge in [0.25, 0.3) is 0 Å². The Kier molecular flexibility index (Phi) is 3.30. The number of rotatable bonds is 3. The fraction of sp³-hybridized carbons (Fsp3) is 0.500. The summed E-state index contributed by atoms with van der Waals surface area (Å²) >= 11 is 0. The summed E-state index contributed by atoms with van der Waals surface area (Å²) in [6.45, 7) is 5.49. The summed E-state index contributed by atoms with van der Waals surface area (Å²) in [5.41, 5.74) is 0.512. The lowest BCUT2D eigenvalue weighted by Gasteiger charge is -2.23. The minimum Gasteiger partial charge on any atom is -0.444 e. The molecule has 1 N–H and O–H groups in total. The highest BCUT2D eigenvalue weighted by atomic mass is 16.6. The molecule has 19 heavy (non-hydrogen) atoms. The number of hydrogen-bond donors (Lipinski definition) is 1. The molecule has 1 saturated carbocycles. The zero-order valence-electron chi connectivity index (χ0n) is 11.4. The molecule has 5 nitrogen and oxygen atoms in total. The molecule has 2 rings (SSSR count). The third-order valence-electron chi connectivity index (χ3n) is 3.02. The van der Waals surface area contributed by atoms with Crippen LogP contribution in [0.15, 0.2) is 29.4 Å². The van der Waals surface area contributed by atoms with E-state index < -0.39 is 11.7 Å². The number of benzene rings is 1. The summed E-state index contributed by atoms with van der Waals surface area (Å²) in [4.78, 5) is 22.2. The van der Waals surface area contributed by atoms with Crippen LogP contribution < -0.4 is 5.32 Å². The van der Waals surface area contributed by atoms with Crippen molar-refractivity contribution in [3.05, 3.63) is 34.7 Å². The summed E-state index contributed by atoms with van der Waals surface area (Å²) in [5.74, 6) is 0. The monoisotopic (exact) mass is 262 g/mol. The van der Waals surface area contributed by atoms with Crippen LogP contribution in [0.5, 0.6) is 0 Å². The lowest BCUT2D eigenvalue weighted by molar-refractivity contribution is 0.0495. The second-order valence-corrected chi connectivity index (χ2v) is 5.85. The van der Waals surface area contributed by atoms with Gasteiger partial charge in [0.2, 0.25) is 0 Å². The third kappa shape index (κ3) is 3.30. The lowest BCUT2D eigenvalue weighted by Crippen LogP contribution is -2.39. The first-order chi connectivity index (χ1) is 8.85. The van der Waals surface area contributed by atoms with E-state index in [9.17, 15) is 9.70 Å². The maximum atomic E-state index is 11.8. The third-order valence-corrected chi connectivity index (χ3v) is 3.02. The van der Waals surface area contributed by atoms with Crippen molar-refractivity contribution in [3.63, 3.8) is 0 Å². The highest BCUT2D eigenvalue weighted by molar-refractivity contribution is 5.70. The van der Waals surface area contributed by atoms with Gasteiger partial charge >= 0.3 is 6.09 Å². The maximum absolute atomic E-state index is 11.8. The van der Waals surface area contributed by atoms with E-state index in [0.717, 1.165) is 18.4 Å². The molecule has 1 aromatic rings. The molecule has 0 radical (unpaired) electrons. The number of nitroso groups, excluding NO2 is 1. The number of alkyl carbamates (subject to hydrolysis) is 1. The Morgan fingerprint density at radius 3 is 2.26 bits per heavy atom. The van der Waals surface area contributed by atoms with Crippen LogP contribution in [0.4, 0.5) is 10.5 Å². The van der Waals surface area contributed by atoms with Gasteiger partial charge in [0, 0.05) is 0 Å². The number of carbonyl (C=O) groups excluding carboxylic acids is 1. The van der Waals surface area contributed by atoms with Gasteiger partial charge in [-0.1, -0.05) is 12.1 Å². The van der Waals surface area contributed by atoms with Gasteiger partial charge in [-0.25, -0.2) is 4.79 Å². The normalized spacial score (nSPS) is 16.6. The molecule has 0 heterocycles. The summed E-state index contributed by atoms with van der Waals surface area (Å²) in [5, 5.41) is 5.77. The van der Waals surface area contributed by atoms with Gasteiger partial charge < -0.3 is 10.1 Å². The van der Waals surface area contributed by atoms with Crippen molar-refractivity contribution >= 4 is 11.8 Å². The summed E-state index contributed by atoms with van der Waals surface area (Å²) < 4.78 is 5.26. The topological polar surface area (TPSA) is 67.8 Å². The standard InChI is InChI=1S/C14H18N2O3/c1-13(2,3)19-12(17)15-14(8-9-14)10-4-6-11(16-18)7-5-10/h4-7H,8-9H2,1-3H3,(H,15,17). The number of carbonyl (C=O) groups is 1. The molecule has 0 aliphatic heterocycles. The van der Waals surface area contributed by atoms with Crippen molar-refractivity contribution in [2.45, 2.75) is 44.8 Å². The van der Waals surface area contributed by atoms with Crippen LogP contribution in [0, 0.1) is 4.91 Å². The van der Waals surface area contributed by atoms with Crippen LogP contribution in [0.1, 0.15) is 39.2 Å². The Labute approximate surface area is 112 Å². The molecule has 1 fully saturated rings. The highest BCUT2D eigenvalue weighted by Crippen LogP contribution is 2.45. The van der Waals surface area contributed by atoms with E-state index >= 15 is 0 Å². The minimum atomic E-state index is -0.508. The average molecular weight is 262 g/mol. The van der Waals surface area contributed by atoms with Gasteiger partial charge in [-0.2, -0.15) is 0 Å². The van der Waals surface area contributed by atoms with Crippen LogP contribution in [-0.2, 0) is 10.3 Å². The fourth-order valence-corrected chi connectivity index (χ4v) is 1.95. The minimum absolute atomic E-state index is 0.344. The second kappa shape index (κ2) is 4.64. The van der Waals surface area contributed by atoms with Gasteiger partial charge in [-0.05, 0) is 56.5 Å². The molecule has 1 amide bonds. The predicted octanol–water partition coefficient (Wildman–Crippen LogP) is 3.60. The Bertz CT molecular complexity index is 484. The van der Waals surface area contributed by atoms with Crippen LogP contribution >= 0.6 is 0 Å². The molecule has 0 bridgehead atoms. The van der Waals surface area contributed by atoms with Crippen molar-refractivity contribution in [2.75, 3.05) is 0 Å². The molecule has 5 heteroatoms. The van der Waals surface area contributed by atoms with E-state index in [2.05, 4.69) is 10.5 Å². The van der Waals surface area contributed by atoms with Gasteiger partial charge in [0.15, 0.2) is 0 Å². The van der Waals surface area contributed by atoms with E-state index in [1.54, 1.807) is 12.1 Å². The van der Waals surface area contributed by atoms with Crippen molar-refractivity contribution in [1.29, 1.82) is 0 Å². The van der Waals surface area contributed by atoms with E-state index in [0.29, 0.717) is 5.69 Å². The Balaban J connectivity index is 2.06. The molecule has 0 atom stereocenters. The van der Waals surface area contributed by atoms with Crippen molar-refractivity contribution in [2.24, 2.45) is 5.18 Å². The SMILES string of the molecule is CC(C)(C)OC(=O)NC1(c2ccc(N=O)cc2)CC1. The van der Waals surface area contributed by atoms with Crippen LogP contribution in [0.3, 0.4) is 0 Å². The van der Waals surface area contributed by atoms with Gasteiger partial charge in [0.05, 0.1) is 5.54 Å². The molecule has 0 spiro atoms. The fourth-order valence-electron chi connectivity index (χ4n) is 1.95. The molecule has 0 unspecified atom stereocenters. The Hall–Kier alpha value is -1.91. The molecule has 1 aliphatic carbocycles. The molecule has 1 aromatic carbocycles. The first kappa shape index (κ1) is 13.5. The Morgan fingerprint density at radius 1 is 1.26 bits per heavy atom. The van der Waals surface area contributed by atoms with Crippen molar-refractivity contribution < 1.29 is 9.53 Å². The zero-order valence-corrected chi connectivity index (χ0v) is 11.4. The molecular weight excluding hydrogens is 244 g/mol. The van der Waals surface area contributed by atoms with Gasteiger partial charge in [0.1, 0.15) is 11.3 Å². The number of hydrogen-bond acceptors (Lipinski definition) is 4. The summed E-state index contributed by atoms with van der Waals surface area (Å²) in [6.07, 6.45) is 1.34. The number of amides is 1. The second-order valence-electron chi connectivity index (χ2n) is 5.85.